The van der Waals surface area contributed by atoms with Crippen molar-refractivity contribution in [2.24, 2.45) is 0 Å². The molecule has 1 heterocycles. The molecule has 0 saturated carbocycles. The third kappa shape index (κ3) is 5.12. The van der Waals surface area contributed by atoms with E-state index in [0.29, 0.717) is 0 Å². The maximum atomic E-state index is 6.37. The highest BCUT2D eigenvalue weighted by Crippen LogP contribution is 2.44. The molecule has 0 aliphatic heterocycles. The Balaban J connectivity index is 1.11. The van der Waals surface area contributed by atoms with Crippen molar-refractivity contribution in [3.8, 4) is 33.4 Å². The molecule has 0 radical (unpaired) electrons. The first kappa shape index (κ1) is 30.0. The number of hydrogen-bond acceptors (Lipinski definition) is 2. The Hall–Kier alpha value is -6.90. The fourth-order valence-electron chi connectivity index (χ4n) is 7.76. The Labute approximate surface area is 302 Å². The van der Waals surface area contributed by atoms with Gasteiger partial charge in [-0.05, 0) is 110 Å². The summed E-state index contributed by atoms with van der Waals surface area (Å²) in [6.45, 7) is 0. The number of hydrogen-bond donors (Lipinski definition) is 0. The lowest BCUT2D eigenvalue weighted by atomic mass is 9.93. The van der Waals surface area contributed by atoms with Crippen molar-refractivity contribution in [3.05, 3.63) is 200 Å². The van der Waals surface area contributed by atoms with Crippen LogP contribution in [0.5, 0.6) is 0 Å². The largest absolute Gasteiger partial charge is 0.456 e. The molecule has 0 unspecified atom stereocenters. The molecule has 0 saturated heterocycles. The number of fused-ring (bicyclic) bond motifs is 6. The van der Waals surface area contributed by atoms with Crippen LogP contribution in [0.1, 0.15) is 0 Å². The van der Waals surface area contributed by atoms with Gasteiger partial charge < -0.3 is 9.32 Å². The van der Waals surface area contributed by atoms with Crippen LogP contribution in [-0.2, 0) is 0 Å². The van der Waals surface area contributed by atoms with E-state index < -0.39 is 0 Å². The van der Waals surface area contributed by atoms with Crippen molar-refractivity contribution in [3.63, 3.8) is 0 Å². The van der Waals surface area contributed by atoms with Crippen LogP contribution >= 0.6 is 0 Å². The van der Waals surface area contributed by atoms with Gasteiger partial charge in [-0.15, -0.1) is 0 Å². The minimum absolute atomic E-state index is 0.873. The lowest BCUT2D eigenvalue weighted by molar-refractivity contribution is 0.669. The van der Waals surface area contributed by atoms with Crippen molar-refractivity contribution >= 4 is 60.5 Å². The molecule has 0 atom stereocenters. The van der Waals surface area contributed by atoms with E-state index in [1.54, 1.807) is 0 Å². The van der Waals surface area contributed by atoms with Crippen LogP contribution in [-0.4, -0.2) is 0 Å². The molecule has 0 bridgehead atoms. The minimum atomic E-state index is 0.873. The summed E-state index contributed by atoms with van der Waals surface area (Å²) in [6.07, 6.45) is 0. The molecule has 0 N–H and O–H groups in total. The summed E-state index contributed by atoms with van der Waals surface area (Å²) >= 11 is 0. The third-order valence-corrected chi connectivity index (χ3v) is 10.3. The van der Waals surface area contributed by atoms with Crippen LogP contribution in [0.15, 0.2) is 205 Å². The van der Waals surface area contributed by atoms with E-state index in [9.17, 15) is 0 Å². The molecule has 9 aromatic carbocycles. The molecule has 0 fully saturated rings. The molecule has 10 rings (SSSR count). The van der Waals surface area contributed by atoms with Crippen molar-refractivity contribution in [1.82, 2.24) is 0 Å². The van der Waals surface area contributed by atoms with Crippen LogP contribution in [0.25, 0.3) is 76.9 Å². The lowest BCUT2D eigenvalue weighted by Gasteiger charge is -2.27. The molecule has 0 aliphatic rings. The first-order valence-electron chi connectivity index (χ1n) is 17.8. The number of benzene rings is 9. The Morgan fingerprint density at radius 2 is 0.865 bits per heavy atom. The van der Waals surface area contributed by atoms with Gasteiger partial charge in [-0.1, -0.05) is 146 Å². The molecule has 0 amide bonds. The molecule has 0 spiro atoms. The molecule has 10 aromatic rings. The fraction of sp³-hybridized carbons (Fsp3) is 0. The summed E-state index contributed by atoms with van der Waals surface area (Å²) in [5, 5.41) is 7.26. The molecular formula is C50H33NO. The van der Waals surface area contributed by atoms with E-state index in [1.807, 2.05) is 12.1 Å². The van der Waals surface area contributed by atoms with E-state index in [-0.39, 0.29) is 0 Å². The van der Waals surface area contributed by atoms with E-state index in [2.05, 4.69) is 193 Å². The van der Waals surface area contributed by atoms with Gasteiger partial charge in [0.2, 0.25) is 0 Å². The Morgan fingerprint density at radius 3 is 1.62 bits per heavy atom. The van der Waals surface area contributed by atoms with E-state index in [1.165, 1.54) is 54.9 Å². The number of nitrogens with zero attached hydrogens (tertiary/aromatic N) is 1. The average molecular weight is 664 g/mol. The standard InChI is InChI=1S/C50H33NO/c1-2-12-34(13-3-1)37-15-10-16-38(32-37)35-24-28-40(29-25-35)51(47-21-11-23-49-50(47)45-20-8-9-22-48(45)52-49)41-30-26-36(27-31-41)46-33-39-14-4-5-17-42(39)43-18-6-7-19-44(43)46/h1-33H. The van der Waals surface area contributed by atoms with E-state index >= 15 is 0 Å². The Kier molecular flexibility index (Phi) is 7.18. The van der Waals surface area contributed by atoms with Gasteiger partial charge in [-0.25, -0.2) is 0 Å². The predicted octanol–water partition coefficient (Wildman–Crippen LogP) is 14.4. The van der Waals surface area contributed by atoms with Gasteiger partial charge in [-0.2, -0.15) is 0 Å². The molecular weight excluding hydrogens is 631 g/mol. The van der Waals surface area contributed by atoms with Gasteiger partial charge in [0.05, 0.1) is 11.1 Å². The van der Waals surface area contributed by atoms with Crippen LogP contribution in [0.4, 0.5) is 17.1 Å². The number of anilines is 3. The second-order valence-corrected chi connectivity index (χ2v) is 13.3. The van der Waals surface area contributed by atoms with Crippen molar-refractivity contribution in [1.29, 1.82) is 0 Å². The normalized spacial score (nSPS) is 11.5. The first-order valence-corrected chi connectivity index (χ1v) is 17.8. The second kappa shape index (κ2) is 12.5. The monoisotopic (exact) mass is 663 g/mol. The fourth-order valence-corrected chi connectivity index (χ4v) is 7.76. The van der Waals surface area contributed by atoms with Crippen molar-refractivity contribution < 1.29 is 4.42 Å². The molecule has 2 heteroatoms. The third-order valence-electron chi connectivity index (χ3n) is 10.3. The summed E-state index contributed by atoms with van der Waals surface area (Å²) in [4.78, 5) is 2.36. The summed E-state index contributed by atoms with van der Waals surface area (Å²) < 4.78 is 6.37. The number of rotatable bonds is 6. The van der Waals surface area contributed by atoms with Crippen molar-refractivity contribution in [2.45, 2.75) is 0 Å². The first-order chi connectivity index (χ1) is 25.8. The molecule has 2 nitrogen and oxygen atoms in total. The maximum absolute atomic E-state index is 6.37. The Morgan fingerprint density at radius 1 is 0.327 bits per heavy atom. The van der Waals surface area contributed by atoms with Gasteiger partial charge in [0.1, 0.15) is 11.2 Å². The highest BCUT2D eigenvalue weighted by atomic mass is 16.3. The zero-order valence-electron chi connectivity index (χ0n) is 28.4. The van der Waals surface area contributed by atoms with Crippen LogP contribution in [0.3, 0.4) is 0 Å². The van der Waals surface area contributed by atoms with Gasteiger partial charge in [0, 0.05) is 16.8 Å². The topological polar surface area (TPSA) is 16.4 Å². The summed E-state index contributed by atoms with van der Waals surface area (Å²) in [7, 11) is 0. The molecule has 0 aliphatic carbocycles. The van der Waals surface area contributed by atoms with Gasteiger partial charge in [0.15, 0.2) is 0 Å². The average Bonchev–Trinajstić information content (AvgIpc) is 3.61. The van der Waals surface area contributed by atoms with Crippen LogP contribution in [0, 0.1) is 0 Å². The summed E-state index contributed by atoms with van der Waals surface area (Å²) in [5.74, 6) is 0. The summed E-state index contributed by atoms with van der Waals surface area (Å²) in [5.41, 5.74) is 12.2. The van der Waals surface area contributed by atoms with Crippen molar-refractivity contribution in [2.75, 3.05) is 4.90 Å². The van der Waals surface area contributed by atoms with E-state index in [0.717, 1.165) is 39.0 Å². The maximum Gasteiger partial charge on any atom is 0.137 e. The smallest absolute Gasteiger partial charge is 0.137 e. The van der Waals surface area contributed by atoms with Gasteiger partial charge >= 0.3 is 0 Å². The highest BCUT2D eigenvalue weighted by Gasteiger charge is 2.20. The lowest BCUT2D eigenvalue weighted by Crippen LogP contribution is -2.10. The SMILES string of the molecule is c1ccc(-c2cccc(-c3ccc(N(c4ccc(-c5cc6ccccc6c6ccccc56)cc4)c4cccc5oc6ccccc6c45)cc3)c2)cc1. The summed E-state index contributed by atoms with van der Waals surface area (Å²) in [6, 6.07) is 71.7. The predicted molar refractivity (Wildman–Crippen MR) is 220 cm³/mol. The molecule has 1 aromatic heterocycles. The van der Waals surface area contributed by atoms with Gasteiger partial charge in [-0.3, -0.25) is 0 Å². The van der Waals surface area contributed by atoms with Crippen LogP contribution < -0.4 is 4.90 Å². The van der Waals surface area contributed by atoms with Gasteiger partial charge in [0.25, 0.3) is 0 Å². The van der Waals surface area contributed by atoms with Crippen LogP contribution in [0.2, 0.25) is 0 Å². The number of para-hydroxylation sites is 1. The Bertz CT molecular complexity index is 2890. The molecule has 52 heavy (non-hydrogen) atoms. The highest BCUT2D eigenvalue weighted by molar-refractivity contribution is 6.15. The number of furan rings is 1. The molecule has 244 valence electrons. The minimum Gasteiger partial charge on any atom is -0.456 e. The quantitative estimate of drug-likeness (QED) is 0.165. The zero-order valence-corrected chi connectivity index (χ0v) is 28.4. The zero-order chi connectivity index (χ0) is 34.4. The second-order valence-electron chi connectivity index (χ2n) is 13.3. The van der Waals surface area contributed by atoms with E-state index in [4.69, 9.17) is 4.42 Å².